The standard InChI is InChI=1S/C36H52Cl2O3/c1-33(2,3)27-19-23(21-35(7,8)13-11-15-37)17-25-29(27)39-32-26-18-24(22-36(9,10)14-12-16-38)20-28(34(4,5)6)30(26)40-31(25)41-32/h17-20,31-32H,11-16,21-22H2,1-10H3. The maximum absolute atomic E-state index is 6.82. The van der Waals surface area contributed by atoms with Gasteiger partial charge in [0.25, 0.3) is 0 Å². The first-order valence-electron chi connectivity index (χ1n) is 15.4. The van der Waals surface area contributed by atoms with E-state index in [1.165, 1.54) is 22.3 Å². The molecule has 2 aromatic rings. The van der Waals surface area contributed by atoms with Gasteiger partial charge in [-0.25, -0.2) is 0 Å². The number of alkyl halides is 2. The van der Waals surface area contributed by atoms with Crippen LogP contribution in [-0.4, -0.2) is 11.8 Å². The van der Waals surface area contributed by atoms with Crippen molar-refractivity contribution in [2.24, 2.45) is 10.8 Å². The van der Waals surface area contributed by atoms with Gasteiger partial charge in [0.2, 0.25) is 12.6 Å². The first kappa shape index (κ1) is 32.5. The summed E-state index contributed by atoms with van der Waals surface area (Å²) in [5, 5.41) is 0. The Kier molecular flexibility index (Phi) is 9.45. The van der Waals surface area contributed by atoms with Gasteiger partial charge < -0.3 is 9.47 Å². The minimum absolute atomic E-state index is 0.0975. The molecule has 0 radical (unpaired) electrons. The van der Waals surface area contributed by atoms with E-state index in [1.807, 2.05) is 0 Å². The van der Waals surface area contributed by atoms with E-state index in [1.54, 1.807) is 0 Å². The van der Waals surface area contributed by atoms with Crippen LogP contribution in [-0.2, 0) is 28.4 Å². The number of hydrogen-bond donors (Lipinski definition) is 0. The van der Waals surface area contributed by atoms with Gasteiger partial charge in [-0.15, -0.1) is 23.2 Å². The van der Waals surface area contributed by atoms with Crippen molar-refractivity contribution in [3.05, 3.63) is 57.6 Å². The fourth-order valence-corrected chi connectivity index (χ4v) is 6.65. The number of rotatable bonds is 10. The summed E-state index contributed by atoms with van der Waals surface area (Å²) in [6, 6.07) is 9.20. The fourth-order valence-electron chi connectivity index (χ4n) is 6.39. The largest absolute Gasteiger partial charge is 0.459 e. The average Bonchev–Trinajstić information content (AvgIpc) is 2.85. The zero-order chi connectivity index (χ0) is 30.4. The third kappa shape index (κ3) is 7.57. The number of halogens is 2. The quantitative estimate of drug-likeness (QED) is 0.253. The second kappa shape index (κ2) is 11.9. The predicted octanol–water partition coefficient (Wildman–Crippen LogP) is 11.0. The molecule has 228 valence electrons. The summed E-state index contributed by atoms with van der Waals surface area (Å²) in [7, 11) is 0. The number of fused-ring (bicyclic) bond motifs is 6. The molecule has 5 heteroatoms. The highest BCUT2D eigenvalue weighted by Gasteiger charge is 2.43. The number of benzene rings is 2. The van der Waals surface area contributed by atoms with Crippen molar-refractivity contribution in [3.63, 3.8) is 0 Å². The van der Waals surface area contributed by atoms with Gasteiger partial charge in [-0.05, 0) is 83.4 Å². The Hall–Kier alpha value is -1.42. The van der Waals surface area contributed by atoms with Gasteiger partial charge in [-0.1, -0.05) is 81.4 Å². The minimum Gasteiger partial charge on any atom is -0.459 e. The molecule has 2 bridgehead atoms. The Bertz CT molecular complexity index is 1140. The molecular formula is C36H52Cl2O3. The van der Waals surface area contributed by atoms with Gasteiger partial charge in [0.15, 0.2) is 0 Å². The molecule has 2 aromatic carbocycles. The van der Waals surface area contributed by atoms with Gasteiger partial charge in [0, 0.05) is 22.9 Å². The molecule has 0 spiro atoms. The summed E-state index contributed by atoms with van der Waals surface area (Å²) in [4.78, 5) is 0. The normalized spacial score (nSPS) is 18.8. The molecule has 0 aromatic heterocycles. The summed E-state index contributed by atoms with van der Waals surface area (Å²) in [6.07, 6.45) is 5.12. The molecule has 0 saturated carbocycles. The molecule has 0 fully saturated rings. The molecule has 0 aliphatic carbocycles. The van der Waals surface area contributed by atoms with Gasteiger partial charge in [0.05, 0.1) is 11.1 Å². The molecule has 0 saturated heterocycles. The highest BCUT2D eigenvalue weighted by Crippen LogP contribution is 2.53. The number of ether oxygens (including phenoxy) is 3. The highest BCUT2D eigenvalue weighted by atomic mass is 35.5. The van der Waals surface area contributed by atoms with Crippen LogP contribution in [0.15, 0.2) is 24.3 Å². The van der Waals surface area contributed by atoms with E-state index in [0.29, 0.717) is 11.8 Å². The molecule has 0 amide bonds. The molecule has 2 atom stereocenters. The van der Waals surface area contributed by atoms with Crippen LogP contribution in [0.2, 0.25) is 0 Å². The predicted molar refractivity (Wildman–Crippen MR) is 173 cm³/mol. The molecule has 4 rings (SSSR count). The lowest BCUT2D eigenvalue weighted by molar-refractivity contribution is -0.228. The molecule has 2 aliphatic rings. The van der Waals surface area contributed by atoms with E-state index in [2.05, 4.69) is 93.5 Å². The van der Waals surface area contributed by atoms with E-state index < -0.39 is 12.6 Å². The molecule has 2 heterocycles. The van der Waals surface area contributed by atoms with Crippen LogP contribution < -0.4 is 9.47 Å². The lowest BCUT2D eigenvalue weighted by Gasteiger charge is -2.42. The lowest BCUT2D eigenvalue weighted by atomic mass is 9.77. The Morgan fingerprint density at radius 2 is 0.951 bits per heavy atom. The van der Waals surface area contributed by atoms with Crippen molar-refractivity contribution in [1.82, 2.24) is 0 Å². The second-order valence-corrected chi connectivity index (χ2v) is 16.7. The van der Waals surface area contributed by atoms with Crippen molar-refractivity contribution in [3.8, 4) is 11.5 Å². The van der Waals surface area contributed by atoms with Gasteiger partial charge in [-0.3, -0.25) is 4.74 Å². The van der Waals surface area contributed by atoms with Crippen LogP contribution in [0.4, 0.5) is 0 Å². The van der Waals surface area contributed by atoms with E-state index in [-0.39, 0.29) is 21.7 Å². The van der Waals surface area contributed by atoms with E-state index in [9.17, 15) is 0 Å². The van der Waals surface area contributed by atoms with Crippen LogP contribution in [0.5, 0.6) is 11.5 Å². The zero-order valence-corrected chi connectivity index (χ0v) is 28.6. The molecule has 41 heavy (non-hydrogen) atoms. The average molecular weight is 604 g/mol. The van der Waals surface area contributed by atoms with Crippen molar-refractivity contribution in [2.45, 2.75) is 131 Å². The van der Waals surface area contributed by atoms with Crippen LogP contribution in [0, 0.1) is 10.8 Å². The molecule has 0 N–H and O–H groups in total. The third-order valence-corrected chi connectivity index (χ3v) is 9.05. The third-order valence-electron chi connectivity index (χ3n) is 8.52. The second-order valence-electron chi connectivity index (χ2n) is 15.9. The van der Waals surface area contributed by atoms with Gasteiger partial charge in [0.1, 0.15) is 11.5 Å². The monoisotopic (exact) mass is 602 g/mol. The topological polar surface area (TPSA) is 27.7 Å². The van der Waals surface area contributed by atoms with Crippen molar-refractivity contribution in [2.75, 3.05) is 11.8 Å². The van der Waals surface area contributed by atoms with Crippen molar-refractivity contribution >= 4 is 23.2 Å². The first-order chi connectivity index (χ1) is 18.9. The Labute approximate surface area is 259 Å². The van der Waals surface area contributed by atoms with Crippen LogP contribution in [0.25, 0.3) is 0 Å². The minimum atomic E-state index is -0.504. The Morgan fingerprint density at radius 1 is 0.585 bits per heavy atom. The van der Waals surface area contributed by atoms with Gasteiger partial charge in [-0.2, -0.15) is 0 Å². The lowest BCUT2D eigenvalue weighted by Crippen LogP contribution is -2.34. The van der Waals surface area contributed by atoms with E-state index >= 15 is 0 Å². The van der Waals surface area contributed by atoms with Gasteiger partial charge >= 0.3 is 0 Å². The molecule has 2 aliphatic heterocycles. The first-order valence-corrected chi connectivity index (χ1v) is 16.5. The Balaban J connectivity index is 1.78. The molecule has 2 unspecified atom stereocenters. The Morgan fingerprint density at radius 3 is 1.27 bits per heavy atom. The van der Waals surface area contributed by atoms with Crippen LogP contribution >= 0.6 is 23.2 Å². The van der Waals surface area contributed by atoms with Crippen molar-refractivity contribution < 1.29 is 14.2 Å². The maximum Gasteiger partial charge on any atom is 0.233 e. The summed E-state index contributed by atoms with van der Waals surface area (Å²) < 4.78 is 20.2. The summed E-state index contributed by atoms with van der Waals surface area (Å²) in [6.45, 7) is 22.9. The SMILES string of the molecule is CC(C)(CCCCl)Cc1cc2c(c(C(C)(C)C)c1)OC1OC2Oc2c1cc(CC(C)(C)CCCCl)cc2C(C)(C)C. The summed E-state index contributed by atoms with van der Waals surface area (Å²) in [5.41, 5.74) is 7.07. The summed E-state index contributed by atoms with van der Waals surface area (Å²) in [5.74, 6) is 3.22. The zero-order valence-electron chi connectivity index (χ0n) is 27.1. The highest BCUT2D eigenvalue weighted by molar-refractivity contribution is 6.18. The fraction of sp³-hybridized carbons (Fsp3) is 0.667. The number of hydrogen-bond acceptors (Lipinski definition) is 3. The van der Waals surface area contributed by atoms with Crippen LogP contribution in [0.3, 0.4) is 0 Å². The molecule has 3 nitrogen and oxygen atoms in total. The van der Waals surface area contributed by atoms with Crippen LogP contribution in [0.1, 0.15) is 141 Å². The van der Waals surface area contributed by atoms with E-state index in [4.69, 9.17) is 37.4 Å². The van der Waals surface area contributed by atoms with E-state index in [0.717, 1.165) is 61.2 Å². The summed E-state index contributed by atoms with van der Waals surface area (Å²) >= 11 is 12.1. The molecular weight excluding hydrogens is 551 g/mol. The smallest absolute Gasteiger partial charge is 0.233 e. The maximum atomic E-state index is 6.82. The van der Waals surface area contributed by atoms with Crippen molar-refractivity contribution in [1.29, 1.82) is 0 Å².